The predicted octanol–water partition coefficient (Wildman–Crippen LogP) is 0.592. The fourth-order valence-electron chi connectivity index (χ4n) is 1.41. The quantitative estimate of drug-likeness (QED) is 0.508. The number of hydrogen-bond acceptors (Lipinski definition) is 1. The van der Waals surface area contributed by atoms with Crippen LogP contribution in [0.1, 0.15) is 0 Å². The van der Waals surface area contributed by atoms with E-state index in [4.69, 9.17) is 0 Å². The van der Waals surface area contributed by atoms with Gasteiger partial charge in [-0.1, -0.05) is 30.0 Å². The molecule has 1 aliphatic rings. The molecule has 1 heterocycles. The second kappa shape index (κ2) is 2.37. The summed E-state index contributed by atoms with van der Waals surface area (Å²) >= 11 is 0. The molecule has 0 saturated heterocycles. The first kappa shape index (κ1) is 5.84. The lowest BCUT2D eigenvalue weighted by atomic mass is 9.65. The number of hydrogen-bond donors (Lipinski definition) is 1. The molecule has 0 unspecified atom stereocenters. The third kappa shape index (κ3) is 0.899. The average molecular weight is 131 g/mol. The van der Waals surface area contributed by atoms with Crippen molar-refractivity contribution in [3.05, 3.63) is 24.3 Å². The van der Waals surface area contributed by atoms with Gasteiger partial charge in [-0.05, 0) is 6.07 Å². The van der Waals surface area contributed by atoms with Gasteiger partial charge in [-0.25, -0.2) is 0 Å². The van der Waals surface area contributed by atoms with Crippen LogP contribution < -0.4 is 10.8 Å². The normalized spacial score (nSPS) is 14.8. The Kier molecular flexibility index (Phi) is 1.38. The van der Waals surface area contributed by atoms with E-state index >= 15 is 0 Å². The summed E-state index contributed by atoms with van der Waals surface area (Å²) < 4.78 is 0. The van der Waals surface area contributed by atoms with Crippen molar-refractivity contribution < 1.29 is 0 Å². The molecule has 1 aromatic rings. The molecule has 1 aliphatic heterocycles. The lowest BCUT2D eigenvalue weighted by Gasteiger charge is -2.15. The molecule has 0 saturated carbocycles. The van der Waals surface area contributed by atoms with E-state index in [0.29, 0.717) is 0 Å². The average Bonchev–Trinajstić information content (AvgIpc) is 2.05. The summed E-state index contributed by atoms with van der Waals surface area (Å²) in [5, 5.41) is 3.36. The molecule has 0 aliphatic carbocycles. The van der Waals surface area contributed by atoms with E-state index in [2.05, 4.69) is 29.6 Å². The zero-order valence-corrected chi connectivity index (χ0v) is 5.93. The number of anilines is 1. The fourth-order valence-corrected chi connectivity index (χ4v) is 1.41. The molecule has 1 nitrogen and oxygen atoms in total. The van der Waals surface area contributed by atoms with Gasteiger partial charge in [0.05, 0.1) is 0 Å². The van der Waals surface area contributed by atoms with E-state index < -0.39 is 0 Å². The minimum absolute atomic E-state index is 1.14. The predicted molar refractivity (Wildman–Crippen MR) is 46.5 cm³/mol. The Balaban J connectivity index is 2.41. The van der Waals surface area contributed by atoms with E-state index in [1.807, 2.05) is 0 Å². The van der Waals surface area contributed by atoms with Crippen LogP contribution in [0.3, 0.4) is 0 Å². The van der Waals surface area contributed by atoms with Crippen LogP contribution in [0.2, 0.25) is 6.32 Å². The SMILES string of the molecule is B1CCNc2ccccc21. The van der Waals surface area contributed by atoms with Crippen molar-refractivity contribution in [2.24, 2.45) is 0 Å². The number of rotatable bonds is 0. The molecular weight excluding hydrogens is 121 g/mol. The van der Waals surface area contributed by atoms with Crippen LogP contribution in [0.4, 0.5) is 5.69 Å². The van der Waals surface area contributed by atoms with Crippen molar-refractivity contribution in [2.75, 3.05) is 11.9 Å². The first-order valence-electron chi connectivity index (χ1n) is 3.78. The van der Waals surface area contributed by atoms with Gasteiger partial charge in [-0.2, -0.15) is 0 Å². The van der Waals surface area contributed by atoms with Crippen LogP contribution in [-0.2, 0) is 0 Å². The van der Waals surface area contributed by atoms with Gasteiger partial charge in [0.1, 0.15) is 0 Å². The molecule has 1 aromatic carbocycles. The molecule has 2 rings (SSSR count). The van der Waals surface area contributed by atoms with Gasteiger partial charge in [0.2, 0.25) is 0 Å². The highest BCUT2D eigenvalue weighted by atomic mass is 14.9. The van der Waals surface area contributed by atoms with E-state index in [0.717, 1.165) is 6.54 Å². The van der Waals surface area contributed by atoms with Gasteiger partial charge in [0.25, 0.3) is 0 Å². The van der Waals surface area contributed by atoms with Crippen molar-refractivity contribution in [1.29, 1.82) is 0 Å². The van der Waals surface area contributed by atoms with E-state index in [1.165, 1.54) is 24.7 Å². The van der Waals surface area contributed by atoms with Gasteiger partial charge in [-0.3, -0.25) is 0 Å². The molecule has 0 amide bonds. The number of benzene rings is 1. The summed E-state index contributed by atoms with van der Waals surface area (Å²) in [6.07, 6.45) is 1.27. The fraction of sp³-hybridized carbons (Fsp3) is 0.250. The monoisotopic (exact) mass is 131 g/mol. The zero-order valence-electron chi connectivity index (χ0n) is 5.93. The van der Waals surface area contributed by atoms with Crippen LogP contribution in [0.15, 0.2) is 24.3 Å². The molecule has 0 fully saturated rings. The Bertz CT molecular complexity index is 209. The van der Waals surface area contributed by atoms with Crippen molar-refractivity contribution in [3.63, 3.8) is 0 Å². The highest BCUT2D eigenvalue weighted by Crippen LogP contribution is 2.06. The smallest absolute Gasteiger partial charge is 0.162 e. The van der Waals surface area contributed by atoms with E-state index in [1.54, 1.807) is 0 Å². The largest absolute Gasteiger partial charge is 0.386 e. The van der Waals surface area contributed by atoms with Crippen molar-refractivity contribution in [3.8, 4) is 0 Å². The number of para-hydroxylation sites is 1. The summed E-state index contributed by atoms with van der Waals surface area (Å²) in [5.74, 6) is 0. The van der Waals surface area contributed by atoms with Gasteiger partial charge in [-0.15, -0.1) is 0 Å². The summed E-state index contributed by atoms with van der Waals surface area (Å²) in [7, 11) is 1.24. The zero-order chi connectivity index (χ0) is 6.81. The molecule has 50 valence electrons. The first-order chi connectivity index (χ1) is 4.97. The lowest BCUT2D eigenvalue weighted by molar-refractivity contribution is 1.18. The first-order valence-corrected chi connectivity index (χ1v) is 3.78. The molecule has 10 heavy (non-hydrogen) atoms. The van der Waals surface area contributed by atoms with Crippen molar-refractivity contribution in [1.82, 2.24) is 0 Å². The van der Waals surface area contributed by atoms with Crippen LogP contribution >= 0.6 is 0 Å². The topological polar surface area (TPSA) is 12.0 Å². The Morgan fingerprint density at radius 3 is 3.10 bits per heavy atom. The minimum atomic E-state index is 1.14. The second-order valence-corrected chi connectivity index (χ2v) is 2.69. The standard InChI is InChI=1S/C8H10BN/c1-2-4-8-7(3-1)9-5-6-10-8/h1-4,9-10H,5-6H2. The van der Waals surface area contributed by atoms with Gasteiger partial charge < -0.3 is 5.32 Å². The summed E-state index contributed by atoms with van der Waals surface area (Å²) in [4.78, 5) is 0. The molecule has 1 N–H and O–H groups in total. The van der Waals surface area contributed by atoms with Crippen LogP contribution in [0.25, 0.3) is 0 Å². The maximum atomic E-state index is 3.36. The maximum Gasteiger partial charge on any atom is 0.162 e. The molecule has 0 bridgehead atoms. The summed E-state index contributed by atoms with van der Waals surface area (Å²) in [6.45, 7) is 1.14. The van der Waals surface area contributed by atoms with Crippen LogP contribution in [0, 0.1) is 0 Å². The van der Waals surface area contributed by atoms with Gasteiger partial charge in [0, 0.05) is 12.2 Å². The minimum Gasteiger partial charge on any atom is -0.386 e. The third-order valence-corrected chi connectivity index (χ3v) is 1.96. The van der Waals surface area contributed by atoms with Gasteiger partial charge in [0.15, 0.2) is 7.28 Å². The third-order valence-electron chi connectivity index (χ3n) is 1.96. The van der Waals surface area contributed by atoms with E-state index in [-0.39, 0.29) is 0 Å². The summed E-state index contributed by atoms with van der Waals surface area (Å²) in [5.41, 5.74) is 2.79. The Labute approximate surface area is 61.7 Å². The maximum absolute atomic E-state index is 3.36. The van der Waals surface area contributed by atoms with Gasteiger partial charge >= 0.3 is 0 Å². The molecule has 0 spiro atoms. The highest BCUT2D eigenvalue weighted by Gasteiger charge is 2.06. The number of fused-ring (bicyclic) bond motifs is 1. The Morgan fingerprint density at radius 2 is 2.20 bits per heavy atom. The molecule has 2 heteroatoms. The second-order valence-electron chi connectivity index (χ2n) is 2.69. The highest BCUT2D eigenvalue weighted by molar-refractivity contribution is 6.56. The lowest BCUT2D eigenvalue weighted by Crippen LogP contribution is -2.26. The van der Waals surface area contributed by atoms with Crippen molar-refractivity contribution >= 4 is 18.4 Å². The molecule has 0 radical (unpaired) electrons. The molecule has 0 aromatic heterocycles. The molecular formula is C8H10BN. The number of nitrogens with one attached hydrogen (secondary N) is 1. The Hall–Kier alpha value is -0.915. The van der Waals surface area contributed by atoms with Crippen LogP contribution in [0.5, 0.6) is 0 Å². The van der Waals surface area contributed by atoms with Crippen molar-refractivity contribution in [2.45, 2.75) is 6.32 Å². The Morgan fingerprint density at radius 1 is 1.30 bits per heavy atom. The van der Waals surface area contributed by atoms with E-state index in [9.17, 15) is 0 Å². The summed E-state index contributed by atoms with van der Waals surface area (Å²) in [6, 6.07) is 8.53. The molecule has 0 atom stereocenters. The van der Waals surface area contributed by atoms with Crippen LogP contribution in [-0.4, -0.2) is 13.8 Å².